The monoisotopic (exact) mass is 367 g/mol. The first kappa shape index (κ1) is 20.1. The molecule has 0 heterocycles. The van der Waals surface area contributed by atoms with E-state index in [4.69, 9.17) is 14.2 Å². The van der Waals surface area contributed by atoms with E-state index in [1.807, 2.05) is 37.3 Å². The Morgan fingerprint density at radius 3 is 2.67 bits per heavy atom. The van der Waals surface area contributed by atoms with Crippen LogP contribution in [0.2, 0.25) is 0 Å². The van der Waals surface area contributed by atoms with E-state index in [0.29, 0.717) is 36.1 Å². The summed E-state index contributed by atoms with van der Waals surface area (Å²) in [5, 5.41) is 2.84. The van der Waals surface area contributed by atoms with E-state index < -0.39 is 0 Å². The van der Waals surface area contributed by atoms with E-state index in [2.05, 4.69) is 11.9 Å². The lowest BCUT2D eigenvalue weighted by Gasteiger charge is -2.11. The van der Waals surface area contributed by atoms with Crippen molar-refractivity contribution < 1.29 is 19.0 Å². The summed E-state index contributed by atoms with van der Waals surface area (Å²) < 4.78 is 16.5. The second-order valence-electron chi connectivity index (χ2n) is 5.68. The Balaban J connectivity index is 2.05. The summed E-state index contributed by atoms with van der Waals surface area (Å²) in [5.41, 5.74) is 1.47. The molecule has 0 saturated carbocycles. The molecule has 0 saturated heterocycles. The van der Waals surface area contributed by atoms with Crippen LogP contribution >= 0.6 is 0 Å². The van der Waals surface area contributed by atoms with Gasteiger partial charge in [0, 0.05) is 6.08 Å². The zero-order valence-electron chi connectivity index (χ0n) is 15.7. The lowest BCUT2D eigenvalue weighted by Crippen LogP contribution is -2.09. The van der Waals surface area contributed by atoms with Crippen molar-refractivity contribution in [3.8, 4) is 17.2 Å². The minimum atomic E-state index is -0.242. The molecule has 1 N–H and O–H groups in total. The Bertz CT molecular complexity index is 799. The highest BCUT2D eigenvalue weighted by molar-refractivity contribution is 6.02. The minimum absolute atomic E-state index is 0.242. The van der Waals surface area contributed by atoms with Gasteiger partial charge in [0.1, 0.15) is 12.4 Å². The van der Waals surface area contributed by atoms with E-state index in [0.717, 1.165) is 12.0 Å². The number of hydrogen-bond donors (Lipinski definition) is 1. The summed E-state index contributed by atoms with van der Waals surface area (Å²) in [7, 11) is 1.57. The quantitative estimate of drug-likeness (QED) is 0.488. The van der Waals surface area contributed by atoms with E-state index in [1.165, 1.54) is 6.08 Å². The third-order valence-electron chi connectivity index (χ3n) is 3.58. The van der Waals surface area contributed by atoms with Crippen LogP contribution in [0.15, 0.2) is 61.2 Å². The number of benzene rings is 2. The lowest BCUT2D eigenvalue weighted by atomic mass is 10.2. The summed E-state index contributed by atoms with van der Waals surface area (Å²) >= 11 is 0. The van der Waals surface area contributed by atoms with Crippen molar-refractivity contribution in [3.63, 3.8) is 0 Å². The molecule has 0 atom stereocenters. The van der Waals surface area contributed by atoms with E-state index in [-0.39, 0.29) is 5.91 Å². The highest BCUT2D eigenvalue weighted by Gasteiger charge is 2.06. The summed E-state index contributed by atoms with van der Waals surface area (Å²) in [6.45, 7) is 6.65. The number of rotatable bonds is 10. The summed E-state index contributed by atoms with van der Waals surface area (Å²) in [4.78, 5) is 12.3. The number of carbonyl (C=O) groups is 1. The number of hydrogen-bond acceptors (Lipinski definition) is 4. The molecule has 0 aromatic heterocycles. The lowest BCUT2D eigenvalue weighted by molar-refractivity contribution is -0.111. The molecular formula is C22H25NO4. The number of anilines is 1. The fourth-order valence-electron chi connectivity index (χ4n) is 2.31. The molecule has 2 aromatic rings. The summed E-state index contributed by atoms with van der Waals surface area (Å²) in [6.07, 6.45) is 5.75. The fraction of sp³-hybridized carbons (Fsp3) is 0.227. The molecule has 0 fully saturated rings. The van der Waals surface area contributed by atoms with Crippen LogP contribution in [0.4, 0.5) is 5.69 Å². The average Bonchev–Trinajstić information content (AvgIpc) is 2.70. The van der Waals surface area contributed by atoms with E-state index in [1.54, 1.807) is 31.4 Å². The topological polar surface area (TPSA) is 56.8 Å². The molecule has 27 heavy (non-hydrogen) atoms. The highest BCUT2D eigenvalue weighted by atomic mass is 16.5. The molecule has 1 amide bonds. The molecule has 0 aliphatic rings. The molecule has 142 valence electrons. The van der Waals surface area contributed by atoms with Crippen LogP contribution in [-0.2, 0) is 4.79 Å². The first-order chi connectivity index (χ1) is 13.2. The van der Waals surface area contributed by atoms with Crippen LogP contribution in [0.1, 0.15) is 18.9 Å². The maximum absolute atomic E-state index is 12.3. The number of amides is 1. The number of carbonyl (C=O) groups excluding carboxylic acids is 1. The second-order valence-corrected chi connectivity index (χ2v) is 5.68. The zero-order valence-corrected chi connectivity index (χ0v) is 15.7. The second kappa shape index (κ2) is 10.7. The number of ether oxygens (including phenoxy) is 3. The minimum Gasteiger partial charge on any atom is -0.493 e. The number of nitrogens with one attached hydrogen (secondary N) is 1. The molecule has 0 bridgehead atoms. The van der Waals surface area contributed by atoms with Gasteiger partial charge in [-0.05, 0) is 42.3 Å². The summed E-state index contributed by atoms with van der Waals surface area (Å²) in [6, 6.07) is 12.8. The van der Waals surface area contributed by atoms with Crippen LogP contribution in [0.3, 0.4) is 0 Å². The Morgan fingerprint density at radius 2 is 1.93 bits per heavy atom. The maximum Gasteiger partial charge on any atom is 0.248 e. The molecule has 0 unspecified atom stereocenters. The van der Waals surface area contributed by atoms with Gasteiger partial charge in [-0.15, -0.1) is 0 Å². The van der Waals surface area contributed by atoms with Gasteiger partial charge in [0.2, 0.25) is 5.91 Å². The molecule has 2 aromatic carbocycles. The highest BCUT2D eigenvalue weighted by Crippen LogP contribution is 2.28. The largest absolute Gasteiger partial charge is 0.493 e. The molecule has 0 radical (unpaired) electrons. The van der Waals surface area contributed by atoms with Gasteiger partial charge in [0.05, 0.1) is 19.4 Å². The first-order valence-corrected chi connectivity index (χ1v) is 8.80. The normalized spacial score (nSPS) is 10.4. The van der Waals surface area contributed by atoms with Gasteiger partial charge < -0.3 is 19.5 Å². The van der Waals surface area contributed by atoms with Crippen molar-refractivity contribution in [2.45, 2.75) is 13.3 Å². The van der Waals surface area contributed by atoms with Crippen molar-refractivity contribution in [2.75, 3.05) is 25.6 Å². The fourth-order valence-corrected chi connectivity index (χ4v) is 2.31. The van der Waals surface area contributed by atoms with Gasteiger partial charge in [-0.3, -0.25) is 4.79 Å². The van der Waals surface area contributed by atoms with Crippen LogP contribution < -0.4 is 19.5 Å². The van der Waals surface area contributed by atoms with Crippen molar-refractivity contribution in [1.29, 1.82) is 0 Å². The molecule has 5 nitrogen and oxygen atoms in total. The predicted octanol–water partition coefficient (Wildman–Crippen LogP) is 4.70. The molecule has 0 aliphatic heterocycles. The zero-order chi connectivity index (χ0) is 19.5. The molecule has 2 rings (SSSR count). The van der Waals surface area contributed by atoms with Crippen LogP contribution in [0, 0.1) is 0 Å². The Hall–Kier alpha value is -3.21. The SMILES string of the molecule is C=CCOc1ccc(/C=C/C(=O)Nc2ccccc2OCCC)cc1OC. The standard InChI is InChI=1S/C22H25NO4/c1-4-14-26-19-9-7-6-8-18(19)23-22(24)13-11-17-10-12-20(27-15-5-2)21(16-17)25-3/h5-13,16H,2,4,14-15H2,1,3H3,(H,23,24)/b13-11+. The number of para-hydroxylation sites is 2. The average molecular weight is 367 g/mol. The molecule has 5 heteroatoms. The predicted molar refractivity (Wildman–Crippen MR) is 109 cm³/mol. The van der Waals surface area contributed by atoms with Crippen LogP contribution in [0.25, 0.3) is 6.08 Å². The Labute approximate surface area is 160 Å². The van der Waals surface area contributed by atoms with Crippen LogP contribution in [-0.4, -0.2) is 26.2 Å². The Kier molecular flexibility index (Phi) is 7.97. The van der Waals surface area contributed by atoms with Crippen LogP contribution in [0.5, 0.6) is 17.2 Å². The van der Waals surface area contributed by atoms with Gasteiger partial charge in [-0.25, -0.2) is 0 Å². The molecule has 0 aliphatic carbocycles. The molecule has 0 spiro atoms. The van der Waals surface area contributed by atoms with Gasteiger partial charge in [0.15, 0.2) is 11.5 Å². The first-order valence-electron chi connectivity index (χ1n) is 8.80. The van der Waals surface area contributed by atoms with Crippen molar-refractivity contribution in [1.82, 2.24) is 0 Å². The maximum atomic E-state index is 12.3. The van der Waals surface area contributed by atoms with E-state index >= 15 is 0 Å². The molecular weight excluding hydrogens is 342 g/mol. The summed E-state index contributed by atoms with van der Waals surface area (Å²) in [5.74, 6) is 1.64. The van der Waals surface area contributed by atoms with Crippen molar-refractivity contribution in [3.05, 3.63) is 66.8 Å². The third-order valence-corrected chi connectivity index (χ3v) is 3.58. The van der Waals surface area contributed by atoms with Crippen molar-refractivity contribution >= 4 is 17.7 Å². The van der Waals surface area contributed by atoms with Gasteiger partial charge in [0.25, 0.3) is 0 Å². The van der Waals surface area contributed by atoms with Gasteiger partial charge in [-0.2, -0.15) is 0 Å². The smallest absolute Gasteiger partial charge is 0.248 e. The van der Waals surface area contributed by atoms with E-state index in [9.17, 15) is 4.79 Å². The third kappa shape index (κ3) is 6.22. The number of methoxy groups -OCH3 is 1. The van der Waals surface area contributed by atoms with Gasteiger partial charge >= 0.3 is 0 Å². The Morgan fingerprint density at radius 1 is 1.11 bits per heavy atom. The van der Waals surface area contributed by atoms with Gasteiger partial charge in [-0.1, -0.05) is 37.8 Å². The van der Waals surface area contributed by atoms with Crippen molar-refractivity contribution in [2.24, 2.45) is 0 Å².